The van der Waals surface area contributed by atoms with Gasteiger partial charge in [-0.3, -0.25) is 4.79 Å². The summed E-state index contributed by atoms with van der Waals surface area (Å²) in [5.74, 6) is -1.27. The topological polar surface area (TPSA) is 76.4 Å². The second-order valence-corrected chi connectivity index (χ2v) is 4.99. The number of esters is 2. The molecular formula is C13H17NO4. The molecule has 0 bridgehead atoms. The van der Waals surface area contributed by atoms with E-state index in [0.29, 0.717) is 17.6 Å². The van der Waals surface area contributed by atoms with Gasteiger partial charge < -0.3 is 9.47 Å². The quantitative estimate of drug-likeness (QED) is 0.712. The Bertz CT molecular complexity index is 442. The Morgan fingerprint density at radius 2 is 2.00 bits per heavy atom. The highest BCUT2D eigenvalue weighted by Crippen LogP contribution is 2.48. The maximum absolute atomic E-state index is 11.8. The fourth-order valence-corrected chi connectivity index (χ4v) is 2.38. The summed E-state index contributed by atoms with van der Waals surface area (Å²) in [7, 11) is 2.57. The van der Waals surface area contributed by atoms with E-state index in [2.05, 4.69) is 4.74 Å². The molecule has 0 saturated heterocycles. The van der Waals surface area contributed by atoms with Gasteiger partial charge in [0.1, 0.15) is 0 Å². The van der Waals surface area contributed by atoms with Crippen molar-refractivity contribution in [1.29, 1.82) is 5.26 Å². The molecule has 0 aromatic heterocycles. The summed E-state index contributed by atoms with van der Waals surface area (Å²) in [6, 6.07) is 2.03. The van der Waals surface area contributed by atoms with Crippen LogP contribution in [0.2, 0.25) is 0 Å². The van der Waals surface area contributed by atoms with Crippen molar-refractivity contribution in [2.45, 2.75) is 26.7 Å². The van der Waals surface area contributed by atoms with Gasteiger partial charge in [-0.1, -0.05) is 13.8 Å². The number of hydrogen-bond donors (Lipinski definition) is 0. The highest BCUT2D eigenvalue weighted by atomic mass is 16.5. The molecule has 0 N–H and O–H groups in total. The molecule has 1 rings (SSSR count). The Morgan fingerprint density at radius 1 is 1.39 bits per heavy atom. The first-order valence-corrected chi connectivity index (χ1v) is 5.65. The third-order valence-corrected chi connectivity index (χ3v) is 3.39. The van der Waals surface area contributed by atoms with E-state index < -0.39 is 11.9 Å². The summed E-state index contributed by atoms with van der Waals surface area (Å²) in [6.45, 7) is 3.85. The van der Waals surface area contributed by atoms with Crippen LogP contribution in [0, 0.1) is 22.7 Å². The first-order valence-electron chi connectivity index (χ1n) is 5.65. The number of carbonyl (C=O) groups is 2. The highest BCUT2D eigenvalue weighted by Gasteiger charge is 2.45. The molecule has 18 heavy (non-hydrogen) atoms. The minimum Gasteiger partial charge on any atom is -0.469 e. The summed E-state index contributed by atoms with van der Waals surface area (Å²) in [5, 5.41) is 9.09. The van der Waals surface area contributed by atoms with Crippen LogP contribution in [0.4, 0.5) is 0 Å². The molecule has 0 amide bonds. The van der Waals surface area contributed by atoms with Gasteiger partial charge in [-0.25, -0.2) is 4.79 Å². The van der Waals surface area contributed by atoms with Crippen molar-refractivity contribution in [3.05, 3.63) is 11.1 Å². The highest BCUT2D eigenvalue weighted by molar-refractivity contribution is 5.92. The fraction of sp³-hybridized carbons (Fsp3) is 0.615. The summed E-state index contributed by atoms with van der Waals surface area (Å²) in [5.41, 5.74) is 0.388. The van der Waals surface area contributed by atoms with Gasteiger partial charge >= 0.3 is 11.9 Å². The second-order valence-electron chi connectivity index (χ2n) is 4.99. The Hall–Kier alpha value is -1.83. The van der Waals surface area contributed by atoms with Gasteiger partial charge in [0.05, 0.1) is 32.3 Å². The van der Waals surface area contributed by atoms with E-state index in [-0.39, 0.29) is 17.8 Å². The average Bonchev–Trinajstić information content (AvgIpc) is 2.59. The number of carbonyl (C=O) groups excluding carboxylic acids is 2. The molecule has 5 nitrogen and oxygen atoms in total. The van der Waals surface area contributed by atoms with Crippen molar-refractivity contribution in [3.63, 3.8) is 0 Å². The number of hydrogen-bond acceptors (Lipinski definition) is 5. The lowest BCUT2D eigenvalue weighted by atomic mass is 9.76. The van der Waals surface area contributed by atoms with Crippen molar-refractivity contribution in [2.75, 3.05) is 14.2 Å². The van der Waals surface area contributed by atoms with Gasteiger partial charge in [-0.05, 0) is 11.8 Å². The molecule has 0 fully saturated rings. The van der Waals surface area contributed by atoms with Gasteiger partial charge in [0, 0.05) is 11.5 Å². The first-order chi connectivity index (χ1) is 8.37. The van der Waals surface area contributed by atoms with Crippen molar-refractivity contribution >= 4 is 11.9 Å². The van der Waals surface area contributed by atoms with E-state index in [1.807, 2.05) is 19.9 Å². The lowest BCUT2D eigenvalue weighted by Crippen LogP contribution is -2.26. The van der Waals surface area contributed by atoms with E-state index in [9.17, 15) is 9.59 Å². The maximum Gasteiger partial charge on any atom is 0.335 e. The van der Waals surface area contributed by atoms with Crippen LogP contribution in [0.15, 0.2) is 11.1 Å². The molecule has 0 aliphatic heterocycles. The lowest BCUT2D eigenvalue weighted by molar-refractivity contribution is -0.142. The number of rotatable bonds is 3. The van der Waals surface area contributed by atoms with Crippen LogP contribution in [-0.4, -0.2) is 26.2 Å². The fourth-order valence-electron chi connectivity index (χ4n) is 2.38. The van der Waals surface area contributed by atoms with Gasteiger partial charge in [-0.15, -0.1) is 0 Å². The zero-order valence-corrected chi connectivity index (χ0v) is 11.1. The SMILES string of the molecule is COC(=O)CC1C(C(=O)OC)=C(C#N)CC1(C)C. The number of nitrogens with zero attached hydrogens (tertiary/aromatic N) is 1. The standard InChI is InChI=1S/C13H17NO4/c1-13(2)6-8(7-14)11(12(16)18-4)9(13)5-10(15)17-3/h9H,5-6H2,1-4H3. The van der Waals surface area contributed by atoms with Crippen LogP contribution in [0.5, 0.6) is 0 Å². The van der Waals surface area contributed by atoms with E-state index in [1.165, 1.54) is 14.2 Å². The largest absolute Gasteiger partial charge is 0.469 e. The molecule has 0 radical (unpaired) electrons. The van der Waals surface area contributed by atoms with Crippen molar-refractivity contribution < 1.29 is 19.1 Å². The van der Waals surface area contributed by atoms with Gasteiger partial charge in [0.15, 0.2) is 0 Å². The molecule has 1 aliphatic carbocycles. The molecule has 0 heterocycles. The molecular weight excluding hydrogens is 234 g/mol. The molecule has 1 atom stereocenters. The van der Waals surface area contributed by atoms with E-state index >= 15 is 0 Å². The van der Waals surface area contributed by atoms with Gasteiger partial charge in [-0.2, -0.15) is 5.26 Å². The summed E-state index contributed by atoms with van der Waals surface area (Å²) >= 11 is 0. The van der Waals surface area contributed by atoms with Crippen LogP contribution in [0.25, 0.3) is 0 Å². The monoisotopic (exact) mass is 251 g/mol. The third-order valence-electron chi connectivity index (χ3n) is 3.39. The lowest BCUT2D eigenvalue weighted by Gasteiger charge is -2.27. The van der Waals surface area contributed by atoms with Crippen LogP contribution in [-0.2, 0) is 19.1 Å². The average molecular weight is 251 g/mol. The predicted molar refractivity (Wildman–Crippen MR) is 63.2 cm³/mol. The molecule has 0 spiro atoms. The second kappa shape index (κ2) is 5.21. The third kappa shape index (κ3) is 2.53. The Morgan fingerprint density at radius 3 is 2.44 bits per heavy atom. The van der Waals surface area contributed by atoms with E-state index in [1.54, 1.807) is 0 Å². The smallest absolute Gasteiger partial charge is 0.335 e. The number of ether oxygens (including phenoxy) is 2. The van der Waals surface area contributed by atoms with Crippen molar-refractivity contribution in [2.24, 2.45) is 11.3 Å². The molecule has 98 valence electrons. The molecule has 0 aromatic rings. The van der Waals surface area contributed by atoms with E-state index in [4.69, 9.17) is 10.00 Å². The number of methoxy groups -OCH3 is 2. The van der Waals surface area contributed by atoms with Crippen LogP contribution < -0.4 is 0 Å². The molecule has 1 aliphatic rings. The molecule has 1 unspecified atom stereocenters. The molecule has 5 heteroatoms. The zero-order valence-electron chi connectivity index (χ0n) is 11.1. The molecule has 0 aromatic carbocycles. The predicted octanol–water partition coefficient (Wildman–Crippen LogP) is 1.59. The summed E-state index contributed by atoms with van der Waals surface area (Å²) in [6.07, 6.45) is 0.550. The first kappa shape index (κ1) is 14.2. The molecule has 0 saturated carbocycles. The number of allylic oxidation sites excluding steroid dienone is 1. The number of nitriles is 1. The Balaban J connectivity index is 3.15. The minimum atomic E-state index is -0.536. The maximum atomic E-state index is 11.8. The summed E-state index contributed by atoms with van der Waals surface area (Å²) in [4.78, 5) is 23.2. The Labute approximate surface area is 106 Å². The Kier molecular flexibility index (Phi) is 4.12. The van der Waals surface area contributed by atoms with Crippen LogP contribution in [0.1, 0.15) is 26.7 Å². The van der Waals surface area contributed by atoms with Crippen LogP contribution in [0.3, 0.4) is 0 Å². The van der Waals surface area contributed by atoms with Gasteiger partial charge in [0.25, 0.3) is 0 Å². The zero-order chi connectivity index (χ0) is 13.9. The summed E-state index contributed by atoms with van der Waals surface area (Å²) < 4.78 is 9.34. The van der Waals surface area contributed by atoms with Crippen molar-refractivity contribution in [1.82, 2.24) is 0 Å². The normalized spacial score (nSPS) is 21.4. The van der Waals surface area contributed by atoms with Gasteiger partial charge in [0.2, 0.25) is 0 Å². The van der Waals surface area contributed by atoms with Crippen LogP contribution >= 0.6 is 0 Å². The van der Waals surface area contributed by atoms with Crippen molar-refractivity contribution in [3.8, 4) is 6.07 Å². The minimum absolute atomic E-state index is 0.0825. The van der Waals surface area contributed by atoms with E-state index in [0.717, 1.165) is 0 Å².